The van der Waals surface area contributed by atoms with Crippen LogP contribution in [0, 0.1) is 11.8 Å². The first-order valence-electron chi connectivity index (χ1n) is 18.0. The predicted molar refractivity (Wildman–Crippen MR) is 202 cm³/mol. The third-order valence-corrected chi connectivity index (χ3v) is 11.6. The Balaban J connectivity index is 1.38. The van der Waals surface area contributed by atoms with Crippen LogP contribution in [0.1, 0.15) is 45.2 Å². The molecule has 3 amide bonds. The van der Waals surface area contributed by atoms with E-state index in [4.69, 9.17) is 4.74 Å². The van der Waals surface area contributed by atoms with Crippen LogP contribution < -0.4 is 10.1 Å². The molecular weight excluding hydrogens is 679 g/mol. The summed E-state index contributed by atoms with van der Waals surface area (Å²) in [4.78, 5) is 36.3. The Bertz CT molecular complexity index is 1900. The molecule has 12 heteroatoms. The fourth-order valence-electron chi connectivity index (χ4n) is 6.77. The molecule has 4 aromatic rings. The lowest BCUT2D eigenvalue weighted by molar-refractivity contribution is -0.128. The fraction of sp³-hybridized carbons (Fsp3) is 0.425. The van der Waals surface area contributed by atoms with Crippen LogP contribution in [-0.4, -0.2) is 96.0 Å². The second kappa shape index (κ2) is 17.3. The summed E-state index contributed by atoms with van der Waals surface area (Å²) in [7, 11) is -2.50. The van der Waals surface area contributed by atoms with Crippen LogP contribution >= 0.6 is 0 Å². The highest BCUT2D eigenvalue weighted by atomic mass is 32.2. The lowest BCUT2D eigenvalue weighted by Gasteiger charge is -2.35. The molecule has 1 aliphatic heterocycles. The molecule has 2 heterocycles. The Kier molecular flexibility index (Phi) is 12.9. The van der Waals surface area contributed by atoms with E-state index < -0.39 is 28.2 Å². The van der Waals surface area contributed by atoms with Crippen molar-refractivity contribution in [3.63, 3.8) is 0 Å². The zero-order valence-corrected chi connectivity index (χ0v) is 31.5. The van der Waals surface area contributed by atoms with Gasteiger partial charge >= 0.3 is 6.03 Å². The molecule has 0 unspecified atom stereocenters. The van der Waals surface area contributed by atoms with E-state index in [1.807, 2.05) is 88.4 Å². The minimum absolute atomic E-state index is 0.0357. The van der Waals surface area contributed by atoms with E-state index in [2.05, 4.69) is 10.3 Å². The van der Waals surface area contributed by atoms with Gasteiger partial charge < -0.3 is 25.0 Å². The lowest BCUT2D eigenvalue weighted by Crippen LogP contribution is -2.57. The van der Waals surface area contributed by atoms with Gasteiger partial charge in [-0.2, -0.15) is 4.31 Å². The molecule has 278 valence electrons. The fourth-order valence-corrected chi connectivity index (χ4v) is 8.39. The molecule has 1 saturated heterocycles. The first kappa shape index (κ1) is 38.7. The van der Waals surface area contributed by atoms with Gasteiger partial charge in [-0.15, -0.1) is 0 Å². The van der Waals surface area contributed by atoms with Crippen LogP contribution in [-0.2, 0) is 27.8 Å². The molecule has 0 aliphatic carbocycles. The molecule has 52 heavy (non-hydrogen) atoms. The molecular formula is C40H51N5O6S. The van der Waals surface area contributed by atoms with Gasteiger partial charge in [-0.3, -0.25) is 9.78 Å². The summed E-state index contributed by atoms with van der Waals surface area (Å²) < 4.78 is 34.3. The largest absolute Gasteiger partial charge is 0.497 e. The van der Waals surface area contributed by atoms with Gasteiger partial charge in [0.15, 0.2) is 0 Å². The Morgan fingerprint density at radius 2 is 1.65 bits per heavy atom. The normalized spacial score (nSPS) is 16.0. The number of para-hydroxylation sites is 1. The van der Waals surface area contributed by atoms with Gasteiger partial charge in [0, 0.05) is 44.3 Å². The van der Waals surface area contributed by atoms with Crippen molar-refractivity contribution < 1.29 is 27.9 Å². The van der Waals surface area contributed by atoms with E-state index in [1.165, 1.54) is 23.5 Å². The van der Waals surface area contributed by atoms with Crippen molar-refractivity contribution in [2.45, 2.75) is 70.2 Å². The number of nitrogens with one attached hydrogen (secondary N) is 1. The third-order valence-electron chi connectivity index (χ3n) is 9.76. The Labute approximate surface area is 307 Å². The van der Waals surface area contributed by atoms with Crippen molar-refractivity contribution >= 4 is 32.9 Å². The summed E-state index contributed by atoms with van der Waals surface area (Å²) in [5.41, 5.74) is 2.70. The standard InChI is InChI=1S/C40H51N5O6S/c1-6-29(4)38(45-23-22-43(40(45)48)26-31-20-21-41-35-15-11-10-14-34(31)35)39(47)42-36(24-30-12-8-7-9-13-30)37(46)27-44(25-28(2)3)52(49,50)33-18-16-32(51-5)17-19-33/h7-21,28-29,36-38,46H,6,22-27H2,1-5H3,(H,42,47)/t29-,36-,37+,38-/m0/s1. The first-order chi connectivity index (χ1) is 24.9. The predicted octanol–water partition coefficient (Wildman–Crippen LogP) is 5.33. The number of aliphatic hydroxyl groups is 1. The topological polar surface area (TPSA) is 132 Å². The quantitative estimate of drug-likeness (QED) is 0.150. The summed E-state index contributed by atoms with van der Waals surface area (Å²) in [5, 5.41) is 15.9. The molecule has 1 fully saturated rings. The van der Waals surface area contributed by atoms with Crippen LogP contribution in [0.3, 0.4) is 0 Å². The number of amides is 3. The third kappa shape index (κ3) is 9.09. The summed E-state index contributed by atoms with van der Waals surface area (Å²) in [6.07, 6.45) is 1.38. The number of urea groups is 1. The summed E-state index contributed by atoms with van der Waals surface area (Å²) in [5.74, 6) is -0.0758. The maximum Gasteiger partial charge on any atom is 0.321 e. The molecule has 4 atom stereocenters. The highest BCUT2D eigenvalue weighted by Crippen LogP contribution is 2.26. The van der Waals surface area contributed by atoms with E-state index in [0.29, 0.717) is 31.8 Å². The van der Waals surface area contributed by atoms with E-state index >= 15 is 0 Å². The van der Waals surface area contributed by atoms with Crippen LogP contribution in [0.25, 0.3) is 10.9 Å². The first-order valence-corrected chi connectivity index (χ1v) is 19.4. The van der Waals surface area contributed by atoms with Gasteiger partial charge in [-0.1, -0.05) is 82.6 Å². The van der Waals surface area contributed by atoms with E-state index in [-0.39, 0.29) is 48.2 Å². The molecule has 1 aromatic heterocycles. The second-order valence-electron chi connectivity index (χ2n) is 14.0. The highest BCUT2D eigenvalue weighted by molar-refractivity contribution is 7.89. The number of pyridine rings is 1. The number of aliphatic hydroxyl groups excluding tert-OH is 1. The van der Waals surface area contributed by atoms with E-state index in [9.17, 15) is 23.1 Å². The van der Waals surface area contributed by atoms with Crippen molar-refractivity contribution in [1.29, 1.82) is 0 Å². The number of nitrogens with zero attached hydrogens (tertiary/aromatic N) is 4. The lowest BCUT2D eigenvalue weighted by atomic mass is 9.95. The monoisotopic (exact) mass is 729 g/mol. The van der Waals surface area contributed by atoms with Crippen LogP contribution in [0.5, 0.6) is 5.75 Å². The maximum absolute atomic E-state index is 14.4. The van der Waals surface area contributed by atoms with Crippen LogP contribution in [0.2, 0.25) is 0 Å². The zero-order chi connectivity index (χ0) is 37.4. The Hall–Kier alpha value is -4.52. The molecule has 5 rings (SSSR count). The Morgan fingerprint density at radius 3 is 2.33 bits per heavy atom. The number of fused-ring (bicyclic) bond motifs is 1. The molecule has 2 N–H and O–H groups in total. The van der Waals surface area contributed by atoms with Crippen molar-refractivity contribution in [3.05, 3.63) is 102 Å². The molecule has 0 radical (unpaired) electrons. The van der Waals surface area contributed by atoms with Gasteiger partial charge in [0.05, 0.1) is 29.7 Å². The molecule has 0 bridgehead atoms. The number of ether oxygens (including phenoxy) is 1. The minimum Gasteiger partial charge on any atom is -0.497 e. The number of sulfonamides is 1. The Morgan fingerprint density at radius 1 is 0.962 bits per heavy atom. The number of rotatable bonds is 17. The van der Waals surface area contributed by atoms with Crippen LogP contribution in [0.4, 0.5) is 4.79 Å². The average molecular weight is 730 g/mol. The van der Waals surface area contributed by atoms with Gasteiger partial charge in [-0.25, -0.2) is 13.2 Å². The number of hydrogen-bond acceptors (Lipinski definition) is 7. The maximum atomic E-state index is 14.4. The summed E-state index contributed by atoms with van der Waals surface area (Å²) in [6.45, 7) is 8.90. The van der Waals surface area contributed by atoms with Crippen molar-refractivity contribution in [1.82, 2.24) is 24.4 Å². The summed E-state index contributed by atoms with van der Waals surface area (Å²) >= 11 is 0. The van der Waals surface area contributed by atoms with E-state index in [0.717, 1.165) is 22.0 Å². The van der Waals surface area contributed by atoms with Gasteiger partial charge in [0.2, 0.25) is 15.9 Å². The molecule has 0 saturated carbocycles. The van der Waals surface area contributed by atoms with Crippen molar-refractivity contribution in [3.8, 4) is 5.75 Å². The number of carbonyl (C=O) groups excluding carboxylic acids is 2. The number of aromatic nitrogens is 1. The average Bonchev–Trinajstić information content (AvgIpc) is 3.49. The SMILES string of the molecule is CC[C@H](C)[C@@H](C(=O)N[C@@H](Cc1ccccc1)[C@H](O)CN(CC(C)C)S(=O)(=O)c1ccc(OC)cc1)N1CCN(Cc2ccnc3ccccc23)C1=O. The highest BCUT2D eigenvalue weighted by Gasteiger charge is 2.41. The molecule has 1 aliphatic rings. The van der Waals surface area contributed by atoms with Crippen molar-refractivity contribution in [2.75, 3.05) is 33.3 Å². The van der Waals surface area contributed by atoms with Crippen LogP contribution in [0.15, 0.2) is 96.0 Å². The summed E-state index contributed by atoms with van der Waals surface area (Å²) in [6, 6.07) is 23.5. The van der Waals surface area contributed by atoms with Gasteiger partial charge in [0.25, 0.3) is 0 Å². The van der Waals surface area contributed by atoms with Gasteiger partial charge in [0.1, 0.15) is 11.8 Å². The number of carbonyl (C=O) groups is 2. The zero-order valence-electron chi connectivity index (χ0n) is 30.7. The number of hydrogen-bond donors (Lipinski definition) is 2. The molecule has 3 aromatic carbocycles. The molecule has 11 nitrogen and oxygen atoms in total. The smallest absolute Gasteiger partial charge is 0.321 e. The molecule has 0 spiro atoms. The second-order valence-corrected chi connectivity index (χ2v) is 15.9. The number of benzene rings is 3. The number of methoxy groups -OCH3 is 1. The van der Waals surface area contributed by atoms with E-state index in [1.54, 1.807) is 28.1 Å². The minimum atomic E-state index is -4.01. The van der Waals surface area contributed by atoms with Crippen molar-refractivity contribution in [2.24, 2.45) is 11.8 Å². The van der Waals surface area contributed by atoms with Gasteiger partial charge in [-0.05, 0) is 65.8 Å².